The molecular weight excluding hydrogens is 490 g/mol. The Morgan fingerprint density at radius 3 is 2.08 bits per heavy atom. The number of hydrogen-bond acceptors (Lipinski definition) is 4. The van der Waals surface area contributed by atoms with Crippen molar-refractivity contribution in [2.45, 2.75) is 99.8 Å². The molecule has 39 heavy (non-hydrogen) atoms. The van der Waals surface area contributed by atoms with E-state index in [0.29, 0.717) is 19.4 Å². The van der Waals surface area contributed by atoms with Gasteiger partial charge in [0.1, 0.15) is 17.7 Å². The number of alkyl carbamates (subject to hydrolysis) is 1. The van der Waals surface area contributed by atoms with Crippen LogP contribution >= 0.6 is 0 Å². The number of carbonyl (C=O) groups excluding carboxylic acids is 3. The Balaban J connectivity index is 2.59. The highest BCUT2D eigenvalue weighted by atomic mass is 16.6. The Hall–Kier alpha value is -3.35. The number of amides is 3. The molecule has 214 valence electrons. The molecule has 0 saturated carbocycles. The van der Waals surface area contributed by atoms with Crippen LogP contribution in [-0.2, 0) is 14.3 Å². The number of para-hydroxylation sites is 1. The fraction of sp³-hybridized carbons (Fsp3) is 0.531. The fourth-order valence-corrected chi connectivity index (χ4v) is 4.74. The van der Waals surface area contributed by atoms with E-state index in [4.69, 9.17) is 4.74 Å². The molecule has 2 atom stereocenters. The number of hydrogen-bond donors (Lipinski definition) is 2. The molecule has 0 bridgehead atoms. The average Bonchev–Trinajstić information content (AvgIpc) is 2.80. The van der Waals surface area contributed by atoms with Gasteiger partial charge in [-0.25, -0.2) is 4.79 Å². The van der Waals surface area contributed by atoms with Gasteiger partial charge in [-0.15, -0.1) is 0 Å². The smallest absolute Gasteiger partial charge is 0.408 e. The summed E-state index contributed by atoms with van der Waals surface area (Å²) >= 11 is 0. The number of rotatable bonds is 10. The summed E-state index contributed by atoms with van der Waals surface area (Å²) in [5.41, 5.74) is 4.68. The topological polar surface area (TPSA) is 87.7 Å². The number of anilines is 1. The minimum atomic E-state index is -0.882. The first-order valence-corrected chi connectivity index (χ1v) is 13.9. The highest BCUT2D eigenvalue weighted by Crippen LogP contribution is 2.30. The Morgan fingerprint density at radius 2 is 1.56 bits per heavy atom. The summed E-state index contributed by atoms with van der Waals surface area (Å²) in [5.74, 6) is -0.472. The maximum atomic E-state index is 14.2. The van der Waals surface area contributed by atoms with Crippen LogP contribution in [0.5, 0.6) is 0 Å². The maximum Gasteiger partial charge on any atom is 0.408 e. The van der Waals surface area contributed by atoms with Gasteiger partial charge in [0.15, 0.2) is 0 Å². The van der Waals surface area contributed by atoms with Crippen molar-refractivity contribution < 1.29 is 19.1 Å². The molecule has 0 aliphatic carbocycles. The number of nitrogens with zero attached hydrogens (tertiary/aromatic N) is 1. The molecule has 7 nitrogen and oxygen atoms in total. The molecule has 0 aliphatic rings. The van der Waals surface area contributed by atoms with E-state index in [9.17, 15) is 14.4 Å². The Kier molecular flexibility index (Phi) is 11.1. The minimum Gasteiger partial charge on any atom is -0.444 e. The predicted octanol–water partition coefficient (Wildman–Crippen LogP) is 6.78. The van der Waals surface area contributed by atoms with Crippen molar-refractivity contribution >= 4 is 23.6 Å². The molecule has 7 heteroatoms. The van der Waals surface area contributed by atoms with Gasteiger partial charge in [0.05, 0.1) is 0 Å². The van der Waals surface area contributed by atoms with Gasteiger partial charge in [-0.1, -0.05) is 62.7 Å². The molecule has 0 aromatic heterocycles. The van der Waals surface area contributed by atoms with Crippen LogP contribution in [0.25, 0.3) is 0 Å². The molecule has 3 amide bonds. The Morgan fingerprint density at radius 1 is 0.949 bits per heavy atom. The second-order valence-corrected chi connectivity index (χ2v) is 11.9. The zero-order valence-corrected chi connectivity index (χ0v) is 25.4. The molecular formula is C32H47N3O4. The summed E-state index contributed by atoms with van der Waals surface area (Å²) in [4.78, 5) is 42.7. The predicted molar refractivity (Wildman–Crippen MR) is 158 cm³/mol. The van der Waals surface area contributed by atoms with Crippen molar-refractivity contribution in [3.63, 3.8) is 0 Å². The van der Waals surface area contributed by atoms with E-state index >= 15 is 0 Å². The van der Waals surface area contributed by atoms with Gasteiger partial charge in [0.2, 0.25) is 5.91 Å². The molecule has 0 radical (unpaired) electrons. The summed E-state index contributed by atoms with van der Waals surface area (Å²) in [7, 11) is 0. The zero-order valence-electron chi connectivity index (χ0n) is 25.4. The SMILES string of the molecule is CCCN(C(=O)C(CC(C)C)NC(=O)OC(C)(C)C)C(C(=O)Nc1c(C)cccc1C)c1ccc(C)cc1C. The van der Waals surface area contributed by atoms with Crippen LogP contribution < -0.4 is 10.6 Å². The molecule has 0 fully saturated rings. The lowest BCUT2D eigenvalue weighted by Crippen LogP contribution is -2.53. The van der Waals surface area contributed by atoms with Gasteiger partial charge in [-0.05, 0) is 89.5 Å². The van der Waals surface area contributed by atoms with E-state index in [2.05, 4.69) is 10.6 Å². The number of nitrogens with one attached hydrogen (secondary N) is 2. The molecule has 2 rings (SSSR count). The lowest BCUT2D eigenvalue weighted by molar-refractivity contribution is -0.141. The second kappa shape index (κ2) is 13.6. The van der Waals surface area contributed by atoms with Crippen LogP contribution in [0.3, 0.4) is 0 Å². The normalized spacial score (nSPS) is 13.0. The number of ether oxygens (including phenoxy) is 1. The molecule has 2 N–H and O–H groups in total. The zero-order chi connectivity index (χ0) is 29.5. The van der Waals surface area contributed by atoms with Crippen LogP contribution in [0, 0.1) is 33.6 Å². The number of carbonyl (C=O) groups is 3. The highest BCUT2D eigenvalue weighted by Gasteiger charge is 2.37. The Labute approximate surface area is 234 Å². The summed E-state index contributed by atoms with van der Waals surface area (Å²) in [6.45, 7) is 19.5. The molecule has 0 saturated heterocycles. The van der Waals surface area contributed by atoms with Gasteiger partial charge in [0.25, 0.3) is 5.91 Å². The summed E-state index contributed by atoms with van der Waals surface area (Å²) in [6.07, 6.45) is 0.405. The third kappa shape index (κ3) is 9.12. The Bertz CT molecular complexity index is 1150. The number of aryl methyl sites for hydroxylation is 4. The van der Waals surface area contributed by atoms with Crippen LogP contribution in [0.1, 0.15) is 88.2 Å². The first kappa shape index (κ1) is 31.9. The highest BCUT2D eigenvalue weighted by molar-refractivity contribution is 6.00. The molecule has 0 spiro atoms. The van der Waals surface area contributed by atoms with Crippen LogP contribution in [-0.4, -0.2) is 41.0 Å². The van der Waals surface area contributed by atoms with Crippen molar-refractivity contribution in [3.05, 3.63) is 64.2 Å². The van der Waals surface area contributed by atoms with E-state index in [-0.39, 0.29) is 17.7 Å². The first-order valence-electron chi connectivity index (χ1n) is 13.9. The van der Waals surface area contributed by atoms with Crippen LogP contribution in [0.4, 0.5) is 10.5 Å². The molecule has 0 heterocycles. The van der Waals surface area contributed by atoms with E-state index in [1.807, 2.05) is 84.9 Å². The summed E-state index contributed by atoms with van der Waals surface area (Å²) < 4.78 is 5.47. The molecule has 2 unspecified atom stereocenters. The molecule has 2 aromatic carbocycles. The van der Waals surface area contributed by atoms with E-state index in [0.717, 1.165) is 33.5 Å². The van der Waals surface area contributed by atoms with Crippen LogP contribution in [0.2, 0.25) is 0 Å². The standard InChI is InChI=1S/C32H47N3O4/c1-11-17-35(30(37)26(18-20(2)3)33-31(38)39-32(8,9)10)28(25-16-15-21(4)19-24(25)7)29(36)34-27-22(5)13-12-14-23(27)6/h12-16,19-20,26,28H,11,17-18H2,1-10H3,(H,33,38)(H,34,36). The largest absolute Gasteiger partial charge is 0.444 e. The fourth-order valence-electron chi connectivity index (χ4n) is 4.74. The molecule has 2 aromatic rings. The average molecular weight is 538 g/mol. The third-order valence-electron chi connectivity index (χ3n) is 6.45. The lowest BCUT2D eigenvalue weighted by Gasteiger charge is -2.35. The van der Waals surface area contributed by atoms with Crippen molar-refractivity contribution in [2.75, 3.05) is 11.9 Å². The first-order chi connectivity index (χ1) is 18.1. The van der Waals surface area contributed by atoms with Crippen molar-refractivity contribution in [2.24, 2.45) is 5.92 Å². The van der Waals surface area contributed by atoms with Crippen LogP contribution in [0.15, 0.2) is 36.4 Å². The minimum absolute atomic E-state index is 0.125. The lowest BCUT2D eigenvalue weighted by atomic mass is 9.95. The van der Waals surface area contributed by atoms with Crippen molar-refractivity contribution in [1.82, 2.24) is 10.2 Å². The van der Waals surface area contributed by atoms with Gasteiger partial charge >= 0.3 is 6.09 Å². The monoisotopic (exact) mass is 537 g/mol. The van der Waals surface area contributed by atoms with Crippen molar-refractivity contribution in [3.8, 4) is 0 Å². The summed E-state index contributed by atoms with van der Waals surface area (Å²) in [6, 6.07) is 10.0. The van der Waals surface area contributed by atoms with Crippen molar-refractivity contribution in [1.29, 1.82) is 0 Å². The maximum absolute atomic E-state index is 14.2. The van der Waals surface area contributed by atoms with E-state index in [1.165, 1.54) is 0 Å². The third-order valence-corrected chi connectivity index (χ3v) is 6.45. The summed E-state index contributed by atoms with van der Waals surface area (Å²) in [5, 5.41) is 5.92. The van der Waals surface area contributed by atoms with Gasteiger partial charge < -0.3 is 20.3 Å². The quantitative estimate of drug-likeness (QED) is 0.350. The van der Waals surface area contributed by atoms with E-state index < -0.39 is 23.8 Å². The second-order valence-electron chi connectivity index (χ2n) is 11.9. The molecule has 0 aliphatic heterocycles. The van der Waals surface area contributed by atoms with Gasteiger partial charge in [0, 0.05) is 12.2 Å². The van der Waals surface area contributed by atoms with Gasteiger partial charge in [-0.2, -0.15) is 0 Å². The number of benzene rings is 2. The van der Waals surface area contributed by atoms with Gasteiger partial charge in [-0.3, -0.25) is 9.59 Å². The van der Waals surface area contributed by atoms with E-state index in [1.54, 1.807) is 25.7 Å².